The number of nitrogen functional groups attached to an aromatic ring is 1. The lowest BCUT2D eigenvalue weighted by molar-refractivity contribution is 0.596. The molecule has 3 rings (SSSR count). The maximum atomic E-state index is 11.7. The molecule has 8 heteroatoms. The van der Waals surface area contributed by atoms with Crippen molar-refractivity contribution in [1.82, 2.24) is 9.55 Å². The SMILES string of the molecule is N#Cc1ccc2c(c1)nc(N)n2Cc1ccccc1S(N)(=O)=O. The topological polar surface area (TPSA) is 128 Å². The molecular formula is C15H13N5O2S. The summed E-state index contributed by atoms with van der Waals surface area (Å²) in [5, 5.41) is 14.2. The number of rotatable bonds is 3. The first-order chi connectivity index (χ1) is 10.9. The number of aromatic nitrogens is 2. The van der Waals surface area contributed by atoms with Crippen LogP contribution in [-0.2, 0) is 16.6 Å². The lowest BCUT2D eigenvalue weighted by atomic mass is 10.2. The van der Waals surface area contributed by atoms with Gasteiger partial charge in [0.2, 0.25) is 16.0 Å². The van der Waals surface area contributed by atoms with E-state index in [1.165, 1.54) is 6.07 Å². The summed E-state index contributed by atoms with van der Waals surface area (Å²) in [6, 6.07) is 13.5. The van der Waals surface area contributed by atoms with Crippen LogP contribution in [-0.4, -0.2) is 18.0 Å². The Labute approximate surface area is 132 Å². The Hall–Kier alpha value is -2.89. The van der Waals surface area contributed by atoms with Gasteiger partial charge in [0.05, 0.1) is 34.1 Å². The van der Waals surface area contributed by atoms with Crippen LogP contribution in [0.15, 0.2) is 47.4 Å². The first-order valence-corrected chi connectivity index (χ1v) is 8.21. The van der Waals surface area contributed by atoms with Gasteiger partial charge in [-0.05, 0) is 29.8 Å². The number of nitriles is 1. The molecule has 3 aromatic rings. The average Bonchev–Trinajstić information content (AvgIpc) is 2.82. The third-order valence-electron chi connectivity index (χ3n) is 3.51. The molecule has 23 heavy (non-hydrogen) atoms. The minimum Gasteiger partial charge on any atom is -0.369 e. The molecule has 0 bridgehead atoms. The van der Waals surface area contributed by atoms with Crippen molar-refractivity contribution in [3.63, 3.8) is 0 Å². The molecule has 4 N–H and O–H groups in total. The first kappa shape index (κ1) is 15.0. The standard InChI is InChI=1S/C15H13N5O2S/c16-8-10-5-6-13-12(7-10)19-15(17)20(13)9-11-3-1-2-4-14(11)23(18,21)22/h1-7H,9H2,(H2,17,19)(H2,18,21,22). The third-order valence-corrected chi connectivity index (χ3v) is 4.53. The quantitative estimate of drug-likeness (QED) is 0.746. The maximum Gasteiger partial charge on any atom is 0.238 e. The van der Waals surface area contributed by atoms with Crippen LogP contribution in [0.25, 0.3) is 11.0 Å². The highest BCUT2D eigenvalue weighted by Crippen LogP contribution is 2.23. The van der Waals surface area contributed by atoms with E-state index >= 15 is 0 Å². The smallest absolute Gasteiger partial charge is 0.238 e. The van der Waals surface area contributed by atoms with Gasteiger partial charge in [-0.3, -0.25) is 0 Å². The van der Waals surface area contributed by atoms with E-state index in [1.807, 2.05) is 6.07 Å². The van der Waals surface area contributed by atoms with E-state index in [9.17, 15) is 8.42 Å². The van der Waals surface area contributed by atoms with Crippen molar-refractivity contribution >= 4 is 27.0 Å². The summed E-state index contributed by atoms with van der Waals surface area (Å²) >= 11 is 0. The minimum atomic E-state index is -3.83. The molecule has 7 nitrogen and oxygen atoms in total. The van der Waals surface area contributed by atoms with Gasteiger partial charge in [-0.15, -0.1) is 0 Å². The molecular weight excluding hydrogens is 314 g/mol. The number of nitrogens with two attached hydrogens (primary N) is 2. The van der Waals surface area contributed by atoms with E-state index in [4.69, 9.17) is 16.1 Å². The highest BCUT2D eigenvalue weighted by molar-refractivity contribution is 7.89. The van der Waals surface area contributed by atoms with Gasteiger partial charge in [-0.1, -0.05) is 18.2 Å². The molecule has 0 spiro atoms. The summed E-state index contributed by atoms with van der Waals surface area (Å²) in [6.45, 7) is 0.209. The van der Waals surface area contributed by atoms with Crippen LogP contribution in [0.1, 0.15) is 11.1 Å². The minimum absolute atomic E-state index is 0.0508. The van der Waals surface area contributed by atoms with Crippen molar-refractivity contribution in [2.45, 2.75) is 11.4 Å². The van der Waals surface area contributed by atoms with Crippen molar-refractivity contribution in [2.24, 2.45) is 5.14 Å². The van der Waals surface area contributed by atoms with Gasteiger partial charge in [0.15, 0.2) is 0 Å². The van der Waals surface area contributed by atoms with Crippen LogP contribution in [0.3, 0.4) is 0 Å². The van der Waals surface area contributed by atoms with Gasteiger partial charge >= 0.3 is 0 Å². The molecule has 116 valence electrons. The molecule has 0 saturated carbocycles. The summed E-state index contributed by atoms with van der Waals surface area (Å²) < 4.78 is 25.1. The second kappa shape index (κ2) is 5.39. The zero-order chi connectivity index (χ0) is 16.6. The number of nitrogens with zero attached hydrogens (tertiary/aromatic N) is 3. The maximum absolute atomic E-state index is 11.7. The molecule has 1 heterocycles. The number of benzene rings is 2. The van der Waals surface area contributed by atoms with Crippen LogP contribution < -0.4 is 10.9 Å². The Morgan fingerprint density at radius 3 is 2.65 bits per heavy atom. The van der Waals surface area contributed by atoms with E-state index in [-0.39, 0.29) is 17.4 Å². The largest absolute Gasteiger partial charge is 0.369 e. The number of anilines is 1. The van der Waals surface area contributed by atoms with E-state index in [2.05, 4.69) is 4.98 Å². The molecule has 0 amide bonds. The summed E-state index contributed by atoms with van der Waals surface area (Å²) in [5.74, 6) is 0.235. The lowest BCUT2D eigenvalue weighted by Crippen LogP contribution is -2.16. The number of sulfonamides is 1. The molecule has 0 aliphatic rings. The number of hydrogen-bond donors (Lipinski definition) is 2. The average molecular weight is 327 g/mol. The Morgan fingerprint density at radius 2 is 1.96 bits per heavy atom. The molecule has 0 aliphatic carbocycles. The molecule has 0 unspecified atom stereocenters. The highest BCUT2D eigenvalue weighted by Gasteiger charge is 2.16. The fourth-order valence-electron chi connectivity index (χ4n) is 2.47. The Morgan fingerprint density at radius 1 is 1.22 bits per heavy atom. The number of fused-ring (bicyclic) bond motifs is 1. The number of primary sulfonamides is 1. The van der Waals surface area contributed by atoms with Crippen molar-refractivity contribution in [3.05, 3.63) is 53.6 Å². The zero-order valence-electron chi connectivity index (χ0n) is 12.0. The van der Waals surface area contributed by atoms with Gasteiger partial charge in [0, 0.05) is 0 Å². The second-order valence-electron chi connectivity index (χ2n) is 5.02. The second-order valence-corrected chi connectivity index (χ2v) is 6.55. The molecule has 0 radical (unpaired) electrons. The van der Waals surface area contributed by atoms with Crippen LogP contribution in [0.2, 0.25) is 0 Å². The fraction of sp³-hybridized carbons (Fsp3) is 0.0667. The van der Waals surface area contributed by atoms with Crippen LogP contribution in [0.4, 0.5) is 5.95 Å². The van der Waals surface area contributed by atoms with Crippen molar-refractivity contribution in [2.75, 3.05) is 5.73 Å². The summed E-state index contributed by atoms with van der Waals surface area (Å²) in [6.07, 6.45) is 0. The summed E-state index contributed by atoms with van der Waals surface area (Å²) in [5.41, 5.74) is 8.23. The molecule has 2 aromatic carbocycles. The molecule has 0 saturated heterocycles. The fourth-order valence-corrected chi connectivity index (χ4v) is 3.23. The van der Waals surface area contributed by atoms with Gasteiger partial charge in [-0.25, -0.2) is 18.5 Å². The monoisotopic (exact) mass is 327 g/mol. The summed E-state index contributed by atoms with van der Waals surface area (Å²) in [7, 11) is -3.83. The van der Waals surface area contributed by atoms with E-state index in [1.54, 1.807) is 41.0 Å². The Balaban J connectivity index is 2.14. The molecule has 0 atom stereocenters. The van der Waals surface area contributed by atoms with Crippen LogP contribution in [0, 0.1) is 11.3 Å². The number of hydrogen-bond acceptors (Lipinski definition) is 5. The van der Waals surface area contributed by atoms with Gasteiger partial charge < -0.3 is 10.3 Å². The predicted octanol–water partition coefficient (Wildman–Crippen LogP) is 1.19. The number of imidazole rings is 1. The molecule has 1 aromatic heterocycles. The van der Waals surface area contributed by atoms with E-state index in [0.29, 0.717) is 22.2 Å². The van der Waals surface area contributed by atoms with Crippen LogP contribution >= 0.6 is 0 Å². The van der Waals surface area contributed by atoms with Gasteiger partial charge in [-0.2, -0.15) is 5.26 Å². The molecule has 0 aliphatic heterocycles. The predicted molar refractivity (Wildman–Crippen MR) is 85.8 cm³/mol. The van der Waals surface area contributed by atoms with Crippen molar-refractivity contribution < 1.29 is 8.42 Å². The zero-order valence-corrected chi connectivity index (χ0v) is 12.8. The van der Waals surface area contributed by atoms with E-state index in [0.717, 1.165) is 0 Å². The Bertz CT molecular complexity index is 1050. The van der Waals surface area contributed by atoms with Crippen LogP contribution in [0.5, 0.6) is 0 Å². The first-order valence-electron chi connectivity index (χ1n) is 6.67. The van der Waals surface area contributed by atoms with Gasteiger partial charge in [0.1, 0.15) is 0 Å². The Kier molecular flexibility index (Phi) is 3.52. The lowest BCUT2D eigenvalue weighted by Gasteiger charge is -2.10. The van der Waals surface area contributed by atoms with Crippen molar-refractivity contribution in [1.29, 1.82) is 5.26 Å². The van der Waals surface area contributed by atoms with Gasteiger partial charge in [0.25, 0.3) is 0 Å². The third kappa shape index (κ3) is 2.75. The molecule has 0 fully saturated rings. The normalized spacial score (nSPS) is 11.5. The van der Waals surface area contributed by atoms with E-state index < -0.39 is 10.0 Å². The summed E-state index contributed by atoms with van der Waals surface area (Å²) in [4.78, 5) is 4.27. The van der Waals surface area contributed by atoms with Crippen molar-refractivity contribution in [3.8, 4) is 6.07 Å². The highest BCUT2D eigenvalue weighted by atomic mass is 32.2.